The van der Waals surface area contributed by atoms with Crippen LogP contribution in [-0.4, -0.2) is 4.98 Å². The van der Waals surface area contributed by atoms with Gasteiger partial charge in [0.15, 0.2) is 0 Å². The van der Waals surface area contributed by atoms with Crippen molar-refractivity contribution >= 4 is 11.3 Å². The van der Waals surface area contributed by atoms with Crippen LogP contribution in [0.1, 0.15) is 10.4 Å². The van der Waals surface area contributed by atoms with E-state index in [1.54, 1.807) is 17.5 Å². The van der Waals surface area contributed by atoms with Crippen LogP contribution in [0.5, 0.6) is 5.88 Å². The molecule has 3 nitrogen and oxygen atoms in total. The van der Waals surface area contributed by atoms with Crippen LogP contribution in [0.4, 0.5) is 0 Å². The van der Waals surface area contributed by atoms with Crippen LogP contribution in [0, 0.1) is 0 Å². The van der Waals surface area contributed by atoms with E-state index < -0.39 is 0 Å². The fourth-order valence-electron chi connectivity index (χ4n) is 1.20. The van der Waals surface area contributed by atoms with Gasteiger partial charge in [0.25, 0.3) is 0 Å². The fourth-order valence-corrected chi connectivity index (χ4v) is 1.81. The third-order valence-corrected chi connectivity index (χ3v) is 2.83. The summed E-state index contributed by atoms with van der Waals surface area (Å²) in [5, 5.41) is 2.03. The molecule has 2 aromatic rings. The van der Waals surface area contributed by atoms with Crippen LogP contribution in [0.2, 0.25) is 0 Å². The van der Waals surface area contributed by atoms with Crippen molar-refractivity contribution in [3.8, 4) is 5.88 Å². The molecular formula is C11H12N2OS. The van der Waals surface area contributed by atoms with E-state index in [9.17, 15) is 0 Å². The Morgan fingerprint density at radius 2 is 2.33 bits per heavy atom. The second kappa shape index (κ2) is 4.91. The summed E-state index contributed by atoms with van der Waals surface area (Å²) < 4.78 is 5.54. The zero-order chi connectivity index (χ0) is 10.5. The maximum absolute atomic E-state index is 5.54. The number of ether oxygens (including phenoxy) is 1. The van der Waals surface area contributed by atoms with Gasteiger partial charge in [-0.1, -0.05) is 6.07 Å². The van der Waals surface area contributed by atoms with Crippen molar-refractivity contribution in [3.05, 3.63) is 46.3 Å². The Morgan fingerprint density at radius 3 is 3.07 bits per heavy atom. The molecule has 0 amide bonds. The molecule has 2 rings (SSSR count). The molecule has 0 aliphatic heterocycles. The zero-order valence-electron chi connectivity index (χ0n) is 8.22. The van der Waals surface area contributed by atoms with Crippen LogP contribution in [-0.2, 0) is 13.2 Å². The zero-order valence-corrected chi connectivity index (χ0v) is 9.04. The van der Waals surface area contributed by atoms with Gasteiger partial charge in [0.1, 0.15) is 6.61 Å². The van der Waals surface area contributed by atoms with Crippen LogP contribution in [0.15, 0.2) is 35.8 Å². The lowest BCUT2D eigenvalue weighted by Gasteiger charge is -2.04. The molecule has 4 heteroatoms. The molecular weight excluding hydrogens is 208 g/mol. The van der Waals surface area contributed by atoms with Gasteiger partial charge >= 0.3 is 0 Å². The maximum Gasteiger partial charge on any atom is 0.213 e. The Hall–Kier alpha value is -1.39. The normalized spacial score (nSPS) is 10.2. The highest BCUT2D eigenvalue weighted by molar-refractivity contribution is 7.09. The van der Waals surface area contributed by atoms with Crippen molar-refractivity contribution in [1.82, 2.24) is 4.98 Å². The van der Waals surface area contributed by atoms with Gasteiger partial charge in [-0.05, 0) is 23.1 Å². The molecule has 2 heterocycles. The van der Waals surface area contributed by atoms with Gasteiger partial charge < -0.3 is 10.5 Å². The van der Waals surface area contributed by atoms with Crippen molar-refractivity contribution in [2.24, 2.45) is 5.73 Å². The summed E-state index contributed by atoms with van der Waals surface area (Å²) in [5.74, 6) is 0.631. The predicted octanol–water partition coefficient (Wildman–Crippen LogP) is 2.18. The molecule has 0 fully saturated rings. The first-order valence-electron chi connectivity index (χ1n) is 4.68. The van der Waals surface area contributed by atoms with Gasteiger partial charge in [-0.2, -0.15) is 0 Å². The molecule has 78 valence electrons. The largest absolute Gasteiger partial charge is 0.472 e. The minimum Gasteiger partial charge on any atom is -0.472 e. The Kier molecular flexibility index (Phi) is 3.32. The highest BCUT2D eigenvalue weighted by Crippen LogP contribution is 2.14. The van der Waals surface area contributed by atoms with Gasteiger partial charge in [0, 0.05) is 23.7 Å². The van der Waals surface area contributed by atoms with E-state index >= 15 is 0 Å². The predicted molar refractivity (Wildman–Crippen MR) is 60.8 cm³/mol. The lowest BCUT2D eigenvalue weighted by atomic mass is 10.3. The average molecular weight is 220 g/mol. The van der Waals surface area contributed by atoms with Crippen LogP contribution < -0.4 is 10.5 Å². The van der Waals surface area contributed by atoms with Crippen molar-refractivity contribution in [2.75, 3.05) is 0 Å². The molecule has 0 radical (unpaired) electrons. The van der Waals surface area contributed by atoms with E-state index in [1.165, 1.54) is 4.88 Å². The van der Waals surface area contributed by atoms with E-state index in [2.05, 4.69) is 4.98 Å². The molecule has 0 saturated heterocycles. The molecule has 2 aromatic heterocycles. The smallest absolute Gasteiger partial charge is 0.213 e. The van der Waals surface area contributed by atoms with Crippen molar-refractivity contribution in [1.29, 1.82) is 0 Å². The van der Waals surface area contributed by atoms with E-state index in [0.717, 1.165) is 5.56 Å². The number of nitrogens with two attached hydrogens (primary N) is 1. The van der Waals surface area contributed by atoms with Gasteiger partial charge in [0.05, 0.1) is 0 Å². The third-order valence-electron chi connectivity index (χ3n) is 1.98. The minimum absolute atomic E-state index is 0.512. The van der Waals surface area contributed by atoms with Crippen molar-refractivity contribution < 1.29 is 4.74 Å². The van der Waals surface area contributed by atoms with Gasteiger partial charge in [0.2, 0.25) is 5.88 Å². The molecule has 0 unspecified atom stereocenters. The Labute approximate surface area is 92.5 Å². The molecule has 0 spiro atoms. The topological polar surface area (TPSA) is 48.1 Å². The fraction of sp³-hybridized carbons (Fsp3) is 0.182. The molecule has 15 heavy (non-hydrogen) atoms. The molecule has 0 saturated carbocycles. The summed E-state index contributed by atoms with van der Waals surface area (Å²) in [7, 11) is 0. The number of rotatable bonds is 4. The quantitative estimate of drug-likeness (QED) is 0.859. The second-order valence-corrected chi connectivity index (χ2v) is 4.11. The summed E-state index contributed by atoms with van der Waals surface area (Å²) in [5.41, 5.74) is 6.56. The molecule has 0 aliphatic carbocycles. The number of hydrogen-bond acceptors (Lipinski definition) is 4. The van der Waals surface area contributed by atoms with Crippen molar-refractivity contribution in [2.45, 2.75) is 13.2 Å². The number of nitrogens with zero attached hydrogens (tertiary/aromatic N) is 1. The first-order chi connectivity index (χ1) is 7.38. The summed E-state index contributed by atoms with van der Waals surface area (Å²) >= 11 is 1.67. The number of aromatic nitrogens is 1. The molecule has 0 aliphatic rings. The summed E-state index contributed by atoms with van der Waals surface area (Å²) in [6, 6.07) is 7.80. The van der Waals surface area contributed by atoms with E-state index in [4.69, 9.17) is 10.5 Å². The number of hydrogen-bond donors (Lipinski definition) is 1. The summed E-state index contributed by atoms with van der Waals surface area (Å²) in [6.45, 7) is 1.08. The summed E-state index contributed by atoms with van der Waals surface area (Å²) in [6.07, 6.45) is 1.71. The molecule has 0 aromatic carbocycles. The molecule has 2 N–H and O–H groups in total. The highest BCUT2D eigenvalue weighted by atomic mass is 32.1. The Bertz CT molecular complexity index is 414. The lowest BCUT2D eigenvalue weighted by molar-refractivity contribution is 0.297. The Morgan fingerprint density at radius 1 is 1.40 bits per heavy atom. The van der Waals surface area contributed by atoms with Crippen LogP contribution in [0.3, 0.4) is 0 Å². The third kappa shape index (κ3) is 2.78. The minimum atomic E-state index is 0.512. The monoisotopic (exact) mass is 220 g/mol. The van der Waals surface area contributed by atoms with E-state index in [-0.39, 0.29) is 0 Å². The SMILES string of the molecule is NCc1ccnc(OCc2cccs2)c1. The summed E-state index contributed by atoms with van der Waals surface area (Å²) in [4.78, 5) is 5.30. The van der Waals surface area contributed by atoms with Crippen molar-refractivity contribution in [3.63, 3.8) is 0 Å². The Balaban J connectivity index is 1.98. The number of pyridine rings is 1. The van der Waals surface area contributed by atoms with Gasteiger partial charge in [-0.3, -0.25) is 0 Å². The molecule has 0 bridgehead atoms. The van der Waals surface area contributed by atoms with Gasteiger partial charge in [-0.15, -0.1) is 11.3 Å². The number of thiophene rings is 1. The van der Waals surface area contributed by atoms with E-state index in [1.807, 2.05) is 29.6 Å². The second-order valence-electron chi connectivity index (χ2n) is 3.07. The average Bonchev–Trinajstić information content (AvgIpc) is 2.79. The van der Waals surface area contributed by atoms with E-state index in [0.29, 0.717) is 19.0 Å². The van der Waals surface area contributed by atoms with Gasteiger partial charge in [-0.25, -0.2) is 4.98 Å². The first-order valence-corrected chi connectivity index (χ1v) is 5.56. The lowest BCUT2D eigenvalue weighted by Crippen LogP contribution is -1.99. The molecule has 0 atom stereocenters. The standard InChI is InChI=1S/C11H12N2OS/c12-7-9-3-4-13-11(6-9)14-8-10-2-1-5-15-10/h1-6H,7-8,12H2. The first kappa shape index (κ1) is 10.1. The van der Waals surface area contributed by atoms with Crippen LogP contribution >= 0.6 is 11.3 Å². The van der Waals surface area contributed by atoms with Crippen LogP contribution in [0.25, 0.3) is 0 Å². The highest BCUT2D eigenvalue weighted by Gasteiger charge is 1.98. The maximum atomic E-state index is 5.54.